The highest BCUT2D eigenvalue weighted by atomic mass is 16.6. The number of aromatic nitrogens is 1. The summed E-state index contributed by atoms with van der Waals surface area (Å²) in [5.41, 5.74) is -0.125. The van der Waals surface area contributed by atoms with Crippen molar-refractivity contribution in [2.45, 2.75) is 26.4 Å². The molecule has 0 radical (unpaired) electrons. The number of hydrogen-bond donors (Lipinski definition) is 1. The average molecular weight is 279 g/mol. The Bertz CT molecular complexity index is 521. The van der Waals surface area contributed by atoms with Crippen LogP contribution in [0.1, 0.15) is 26.5 Å². The maximum absolute atomic E-state index is 11.3. The molecule has 0 bridgehead atoms. The molecular formula is C13H17N3O4. The number of amides is 1. The van der Waals surface area contributed by atoms with Crippen LogP contribution in [0.5, 0.6) is 0 Å². The largest absolute Gasteiger partial charge is 0.444 e. The van der Waals surface area contributed by atoms with Crippen LogP contribution in [0.25, 0.3) is 6.08 Å². The molecule has 0 aliphatic heterocycles. The first-order valence-electron chi connectivity index (χ1n) is 6.02. The second kappa shape index (κ2) is 6.65. The van der Waals surface area contributed by atoms with Gasteiger partial charge in [-0.2, -0.15) is 0 Å². The molecule has 1 N–H and O–H groups in total. The van der Waals surface area contributed by atoms with Crippen molar-refractivity contribution in [2.75, 3.05) is 6.54 Å². The molecule has 7 nitrogen and oxygen atoms in total. The summed E-state index contributed by atoms with van der Waals surface area (Å²) in [6.45, 7) is 5.57. The Morgan fingerprint density at radius 2 is 2.25 bits per heavy atom. The summed E-state index contributed by atoms with van der Waals surface area (Å²) in [6, 6.07) is 2.67. The highest BCUT2D eigenvalue weighted by Crippen LogP contribution is 2.11. The summed E-state index contributed by atoms with van der Waals surface area (Å²) in [7, 11) is 0. The third kappa shape index (κ3) is 5.94. The lowest BCUT2D eigenvalue weighted by molar-refractivity contribution is -0.384. The Morgan fingerprint density at radius 1 is 1.55 bits per heavy atom. The van der Waals surface area contributed by atoms with E-state index in [-0.39, 0.29) is 12.2 Å². The molecule has 1 aromatic rings. The molecule has 0 aromatic carbocycles. The number of carbonyl (C=O) groups excluding carboxylic acids is 1. The van der Waals surface area contributed by atoms with E-state index in [2.05, 4.69) is 10.3 Å². The minimum atomic E-state index is -0.546. The normalized spacial score (nSPS) is 11.3. The van der Waals surface area contributed by atoms with Crippen molar-refractivity contribution in [3.63, 3.8) is 0 Å². The fourth-order valence-electron chi connectivity index (χ4n) is 1.28. The maximum atomic E-state index is 11.3. The zero-order chi connectivity index (χ0) is 15.2. The van der Waals surface area contributed by atoms with Crippen molar-refractivity contribution < 1.29 is 14.5 Å². The first-order valence-corrected chi connectivity index (χ1v) is 6.02. The monoisotopic (exact) mass is 279 g/mol. The molecule has 0 unspecified atom stereocenters. The smallest absolute Gasteiger partial charge is 0.407 e. The zero-order valence-electron chi connectivity index (χ0n) is 11.6. The van der Waals surface area contributed by atoms with E-state index in [1.807, 2.05) is 0 Å². The molecule has 1 amide bonds. The van der Waals surface area contributed by atoms with Gasteiger partial charge in [-0.15, -0.1) is 0 Å². The van der Waals surface area contributed by atoms with E-state index in [9.17, 15) is 14.9 Å². The Labute approximate surface area is 116 Å². The predicted molar refractivity (Wildman–Crippen MR) is 74.2 cm³/mol. The molecule has 0 atom stereocenters. The zero-order valence-corrected chi connectivity index (χ0v) is 11.6. The van der Waals surface area contributed by atoms with Crippen molar-refractivity contribution in [3.05, 3.63) is 40.2 Å². The molecule has 7 heteroatoms. The second-order valence-corrected chi connectivity index (χ2v) is 4.98. The van der Waals surface area contributed by atoms with Crippen molar-refractivity contribution >= 4 is 17.9 Å². The SMILES string of the molecule is CC(C)(C)OC(=O)NCC=Cc1cc([N+](=O)[O-])ccn1. The van der Waals surface area contributed by atoms with Crippen molar-refractivity contribution in [1.82, 2.24) is 10.3 Å². The number of carbonyl (C=O) groups is 1. The molecule has 0 aliphatic carbocycles. The fraction of sp³-hybridized carbons (Fsp3) is 0.385. The number of nitro groups is 1. The first kappa shape index (κ1) is 15.6. The van der Waals surface area contributed by atoms with Gasteiger partial charge in [-0.1, -0.05) is 6.08 Å². The standard InChI is InChI=1S/C13H17N3O4/c1-13(2,3)20-12(17)15-7-4-5-10-9-11(16(18)19)6-8-14-10/h4-6,8-9H,7H2,1-3H3,(H,15,17). The number of pyridine rings is 1. The molecule has 0 saturated heterocycles. The van der Waals surface area contributed by atoms with Gasteiger partial charge in [0, 0.05) is 24.9 Å². The maximum Gasteiger partial charge on any atom is 0.407 e. The minimum Gasteiger partial charge on any atom is -0.444 e. The van der Waals surface area contributed by atoms with Crippen molar-refractivity contribution in [3.8, 4) is 0 Å². The number of hydrogen-bond acceptors (Lipinski definition) is 5. The van der Waals surface area contributed by atoms with E-state index < -0.39 is 16.6 Å². The van der Waals surface area contributed by atoms with E-state index in [4.69, 9.17) is 4.74 Å². The van der Waals surface area contributed by atoms with Gasteiger partial charge in [0.2, 0.25) is 0 Å². The number of ether oxygens (including phenoxy) is 1. The van der Waals surface area contributed by atoms with Crippen LogP contribution in [0.15, 0.2) is 24.4 Å². The van der Waals surface area contributed by atoms with E-state index in [0.717, 1.165) is 0 Å². The number of rotatable bonds is 4. The summed E-state index contributed by atoms with van der Waals surface area (Å²) >= 11 is 0. The summed E-state index contributed by atoms with van der Waals surface area (Å²) in [4.78, 5) is 25.4. The topological polar surface area (TPSA) is 94.4 Å². The summed E-state index contributed by atoms with van der Waals surface area (Å²) < 4.78 is 5.05. The van der Waals surface area contributed by atoms with Gasteiger partial charge in [0.25, 0.3) is 5.69 Å². The van der Waals surface area contributed by atoms with Crippen LogP contribution < -0.4 is 5.32 Å². The van der Waals surface area contributed by atoms with Crippen LogP contribution in [0.3, 0.4) is 0 Å². The Kier molecular flexibility index (Phi) is 5.19. The third-order valence-electron chi connectivity index (χ3n) is 2.03. The van der Waals surface area contributed by atoms with Gasteiger partial charge in [0.05, 0.1) is 10.6 Å². The van der Waals surface area contributed by atoms with E-state index in [1.54, 1.807) is 32.9 Å². The Morgan fingerprint density at radius 3 is 2.85 bits per heavy atom. The lowest BCUT2D eigenvalue weighted by Crippen LogP contribution is -2.32. The van der Waals surface area contributed by atoms with Gasteiger partial charge in [-0.25, -0.2) is 4.79 Å². The molecule has 1 aromatic heterocycles. The van der Waals surface area contributed by atoms with Crippen molar-refractivity contribution in [1.29, 1.82) is 0 Å². The molecule has 0 spiro atoms. The molecule has 0 saturated carbocycles. The lowest BCUT2D eigenvalue weighted by Gasteiger charge is -2.19. The van der Waals surface area contributed by atoms with Gasteiger partial charge in [0.1, 0.15) is 5.60 Å². The van der Waals surface area contributed by atoms with Crippen LogP contribution in [0, 0.1) is 10.1 Å². The molecule has 1 heterocycles. The molecule has 0 aliphatic rings. The summed E-state index contributed by atoms with van der Waals surface area (Å²) in [5.74, 6) is 0. The van der Waals surface area contributed by atoms with Crippen LogP contribution >= 0.6 is 0 Å². The highest BCUT2D eigenvalue weighted by molar-refractivity contribution is 5.68. The van der Waals surface area contributed by atoms with E-state index in [0.29, 0.717) is 5.69 Å². The first-order chi connectivity index (χ1) is 9.28. The minimum absolute atomic E-state index is 0.0280. The van der Waals surface area contributed by atoms with Gasteiger partial charge < -0.3 is 10.1 Å². The third-order valence-corrected chi connectivity index (χ3v) is 2.03. The predicted octanol–water partition coefficient (Wildman–Crippen LogP) is 2.53. The number of nitrogens with zero attached hydrogens (tertiary/aromatic N) is 2. The summed E-state index contributed by atoms with van der Waals surface area (Å²) in [5, 5.41) is 13.1. The van der Waals surface area contributed by atoms with Crippen LogP contribution in [-0.2, 0) is 4.74 Å². The highest BCUT2D eigenvalue weighted by Gasteiger charge is 2.14. The molecular weight excluding hydrogens is 262 g/mol. The average Bonchev–Trinajstić information content (AvgIpc) is 2.33. The van der Waals surface area contributed by atoms with E-state index >= 15 is 0 Å². The van der Waals surface area contributed by atoms with Crippen LogP contribution in [-0.4, -0.2) is 28.1 Å². The van der Waals surface area contributed by atoms with Gasteiger partial charge >= 0.3 is 6.09 Å². The van der Waals surface area contributed by atoms with Gasteiger partial charge in [0.15, 0.2) is 0 Å². The van der Waals surface area contributed by atoms with Crippen LogP contribution in [0.4, 0.5) is 10.5 Å². The second-order valence-electron chi connectivity index (χ2n) is 4.98. The quantitative estimate of drug-likeness (QED) is 0.675. The Hall–Kier alpha value is -2.44. The Balaban J connectivity index is 2.47. The summed E-state index contributed by atoms with van der Waals surface area (Å²) in [6.07, 6.45) is 4.06. The van der Waals surface area contributed by atoms with Crippen molar-refractivity contribution in [2.24, 2.45) is 0 Å². The lowest BCUT2D eigenvalue weighted by atomic mass is 10.2. The molecule has 20 heavy (non-hydrogen) atoms. The van der Waals surface area contributed by atoms with Gasteiger partial charge in [-0.3, -0.25) is 15.1 Å². The number of alkyl carbamates (subject to hydrolysis) is 1. The molecule has 108 valence electrons. The fourth-order valence-corrected chi connectivity index (χ4v) is 1.28. The van der Waals surface area contributed by atoms with Gasteiger partial charge in [-0.05, 0) is 26.8 Å². The van der Waals surface area contributed by atoms with E-state index in [1.165, 1.54) is 18.3 Å². The number of nitrogens with one attached hydrogen (secondary N) is 1. The van der Waals surface area contributed by atoms with Crippen LogP contribution in [0.2, 0.25) is 0 Å². The molecule has 0 fully saturated rings. The molecule has 1 rings (SSSR count).